The first kappa shape index (κ1) is 14.3. The normalized spacial score (nSPS) is 10.6. The Kier molecular flexibility index (Phi) is 5.22. The Labute approximate surface area is 114 Å². The Morgan fingerprint density at radius 3 is 2.41 bits per heavy atom. The SMILES string of the molecule is CCC(CC)N(C)c1ccc(C(N)=S)c(Cl)c1. The van der Waals surface area contributed by atoms with Crippen LogP contribution in [-0.4, -0.2) is 18.1 Å². The number of hydrogen-bond acceptors (Lipinski definition) is 2. The number of halogens is 1. The molecule has 1 aromatic carbocycles. The third-order valence-electron chi connectivity index (χ3n) is 3.12. The van der Waals surface area contributed by atoms with Gasteiger partial charge < -0.3 is 10.6 Å². The van der Waals surface area contributed by atoms with Gasteiger partial charge >= 0.3 is 0 Å². The Morgan fingerprint density at radius 1 is 1.41 bits per heavy atom. The molecule has 2 nitrogen and oxygen atoms in total. The van der Waals surface area contributed by atoms with E-state index in [2.05, 4.69) is 25.8 Å². The number of thiocarbonyl (C=S) groups is 1. The van der Waals surface area contributed by atoms with E-state index in [1.54, 1.807) is 0 Å². The highest BCUT2D eigenvalue weighted by molar-refractivity contribution is 7.80. The first-order valence-electron chi connectivity index (χ1n) is 5.83. The van der Waals surface area contributed by atoms with Crippen LogP contribution in [0.5, 0.6) is 0 Å². The average Bonchev–Trinajstić information content (AvgIpc) is 2.29. The van der Waals surface area contributed by atoms with Crippen LogP contribution in [0.4, 0.5) is 5.69 Å². The lowest BCUT2D eigenvalue weighted by Crippen LogP contribution is -2.30. The molecule has 0 atom stereocenters. The molecule has 0 aliphatic carbocycles. The third-order valence-corrected chi connectivity index (χ3v) is 3.65. The maximum Gasteiger partial charge on any atom is 0.105 e. The lowest BCUT2D eigenvalue weighted by molar-refractivity contribution is 0.591. The number of nitrogens with two attached hydrogens (primary N) is 1. The van der Waals surface area contributed by atoms with Crippen molar-refractivity contribution in [2.24, 2.45) is 5.73 Å². The van der Waals surface area contributed by atoms with E-state index in [4.69, 9.17) is 29.6 Å². The van der Waals surface area contributed by atoms with Crippen molar-refractivity contribution in [1.29, 1.82) is 0 Å². The minimum absolute atomic E-state index is 0.340. The van der Waals surface area contributed by atoms with Crippen LogP contribution in [0, 0.1) is 0 Å². The highest BCUT2D eigenvalue weighted by Gasteiger charge is 2.13. The van der Waals surface area contributed by atoms with Crippen molar-refractivity contribution in [3.05, 3.63) is 28.8 Å². The number of nitrogens with zero attached hydrogens (tertiary/aromatic N) is 1. The summed E-state index contributed by atoms with van der Waals surface area (Å²) in [6.45, 7) is 4.38. The molecule has 0 radical (unpaired) electrons. The molecule has 0 unspecified atom stereocenters. The second-order valence-electron chi connectivity index (χ2n) is 4.11. The summed E-state index contributed by atoms with van der Waals surface area (Å²) >= 11 is 11.1. The van der Waals surface area contributed by atoms with Crippen molar-refractivity contribution in [1.82, 2.24) is 0 Å². The molecule has 0 saturated carbocycles. The third kappa shape index (κ3) is 3.33. The molecule has 0 aliphatic rings. The van der Waals surface area contributed by atoms with E-state index >= 15 is 0 Å². The van der Waals surface area contributed by atoms with Crippen molar-refractivity contribution >= 4 is 34.5 Å². The molecule has 17 heavy (non-hydrogen) atoms. The first-order chi connectivity index (χ1) is 8.01. The summed E-state index contributed by atoms with van der Waals surface area (Å²) in [6.07, 6.45) is 2.23. The van der Waals surface area contributed by atoms with Crippen molar-refractivity contribution in [2.45, 2.75) is 32.7 Å². The van der Waals surface area contributed by atoms with E-state index in [0.29, 0.717) is 16.1 Å². The largest absolute Gasteiger partial charge is 0.389 e. The second kappa shape index (κ2) is 6.22. The molecule has 4 heteroatoms. The minimum atomic E-state index is 0.340. The van der Waals surface area contributed by atoms with Gasteiger partial charge in [0.2, 0.25) is 0 Å². The fourth-order valence-corrected chi connectivity index (χ4v) is 2.48. The summed E-state index contributed by atoms with van der Waals surface area (Å²) in [7, 11) is 2.09. The zero-order valence-electron chi connectivity index (χ0n) is 10.5. The molecular weight excluding hydrogens is 252 g/mol. The molecule has 0 fully saturated rings. The molecule has 0 amide bonds. The number of hydrogen-bond donors (Lipinski definition) is 1. The molecule has 0 aliphatic heterocycles. The second-order valence-corrected chi connectivity index (χ2v) is 4.96. The van der Waals surface area contributed by atoms with Crippen LogP contribution in [0.1, 0.15) is 32.3 Å². The van der Waals surface area contributed by atoms with E-state index in [9.17, 15) is 0 Å². The number of rotatable bonds is 5. The topological polar surface area (TPSA) is 29.3 Å². The van der Waals surface area contributed by atoms with Crippen LogP contribution < -0.4 is 10.6 Å². The number of benzene rings is 1. The fraction of sp³-hybridized carbons (Fsp3) is 0.462. The molecule has 94 valence electrons. The molecule has 0 spiro atoms. The van der Waals surface area contributed by atoms with Gasteiger partial charge in [-0.05, 0) is 31.0 Å². The molecule has 0 aromatic heterocycles. The zero-order valence-corrected chi connectivity index (χ0v) is 12.1. The molecule has 1 rings (SSSR count). The summed E-state index contributed by atoms with van der Waals surface area (Å²) in [6, 6.07) is 6.35. The van der Waals surface area contributed by atoms with Gasteiger partial charge in [-0.15, -0.1) is 0 Å². The van der Waals surface area contributed by atoms with E-state index in [-0.39, 0.29) is 0 Å². The molecule has 0 heterocycles. The van der Waals surface area contributed by atoms with Crippen LogP contribution in [0.15, 0.2) is 18.2 Å². The van der Waals surface area contributed by atoms with Gasteiger partial charge in [-0.1, -0.05) is 37.7 Å². The quantitative estimate of drug-likeness (QED) is 0.829. The predicted octanol–water partition coefficient (Wildman–Crippen LogP) is 3.60. The monoisotopic (exact) mass is 270 g/mol. The van der Waals surface area contributed by atoms with Crippen molar-refractivity contribution in [3.8, 4) is 0 Å². The van der Waals surface area contributed by atoms with Gasteiger partial charge in [-0.3, -0.25) is 0 Å². The van der Waals surface area contributed by atoms with Crippen LogP contribution in [0.3, 0.4) is 0 Å². The minimum Gasteiger partial charge on any atom is -0.389 e. The molecule has 0 bridgehead atoms. The fourth-order valence-electron chi connectivity index (χ4n) is 1.97. The summed E-state index contributed by atoms with van der Waals surface area (Å²) < 4.78 is 0. The lowest BCUT2D eigenvalue weighted by Gasteiger charge is -2.28. The van der Waals surface area contributed by atoms with Crippen molar-refractivity contribution in [3.63, 3.8) is 0 Å². The maximum absolute atomic E-state index is 6.17. The van der Waals surface area contributed by atoms with E-state index in [0.717, 1.165) is 24.1 Å². The van der Waals surface area contributed by atoms with Crippen LogP contribution in [0.2, 0.25) is 5.02 Å². The van der Waals surface area contributed by atoms with Crippen molar-refractivity contribution < 1.29 is 0 Å². The van der Waals surface area contributed by atoms with E-state index < -0.39 is 0 Å². The predicted molar refractivity (Wildman–Crippen MR) is 80.1 cm³/mol. The molecule has 2 N–H and O–H groups in total. The smallest absolute Gasteiger partial charge is 0.105 e. The van der Waals surface area contributed by atoms with Gasteiger partial charge in [0, 0.05) is 24.3 Å². The Balaban J connectivity index is 3.00. The average molecular weight is 271 g/mol. The van der Waals surface area contributed by atoms with Crippen LogP contribution in [-0.2, 0) is 0 Å². The highest BCUT2D eigenvalue weighted by Crippen LogP contribution is 2.25. The zero-order chi connectivity index (χ0) is 13.0. The van der Waals surface area contributed by atoms with Gasteiger partial charge in [-0.25, -0.2) is 0 Å². The summed E-state index contributed by atoms with van der Waals surface area (Å²) in [4.78, 5) is 2.58. The highest BCUT2D eigenvalue weighted by atomic mass is 35.5. The Hall–Kier alpha value is -0.800. The summed E-state index contributed by atoms with van der Waals surface area (Å²) in [5, 5.41) is 0.618. The Bertz CT molecular complexity index is 402. The van der Waals surface area contributed by atoms with Gasteiger partial charge in [0.25, 0.3) is 0 Å². The van der Waals surface area contributed by atoms with Crippen LogP contribution in [0.25, 0.3) is 0 Å². The lowest BCUT2D eigenvalue weighted by atomic mass is 10.1. The molecular formula is C13H19ClN2S. The van der Waals surface area contributed by atoms with Gasteiger partial charge in [-0.2, -0.15) is 0 Å². The molecule has 1 aromatic rings. The van der Waals surface area contributed by atoms with Crippen molar-refractivity contribution in [2.75, 3.05) is 11.9 Å². The number of anilines is 1. The van der Waals surface area contributed by atoms with Gasteiger partial charge in [0.05, 0.1) is 5.02 Å². The summed E-state index contributed by atoms with van der Waals surface area (Å²) in [5.41, 5.74) is 7.43. The maximum atomic E-state index is 6.17. The molecule has 0 saturated heterocycles. The van der Waals surface area contributed by atoms with E-state index in [1.165, 1.54) is 0 Å². The Morgan fingerprint density at radius 2 is 2.00 bits per heavy atom. The standard InChI is InChI=1S/C13H19ClN2S/c1-4-9(5-2)16(3)10-6-7-11(13(15)17)12(14)8-10/h6-9H,4-5H2,1-3H3,(H2,15,17). The van der Waals surface area contributed by atoms with Gasteiger partial charge in [0.15, 0.2) is 0 Å². The first-order valence-corrected chi connectivity index (χ1v) is 6.62. The van der Waals surface area contributed by atoms with E-state index in [1.807, 2.05) is 18.2 Å². The van der Waals surface area contributed by atoms with Crippen LogP contribution >= 0.6 is 23.8 Å². The summed E-state index contributed by atoms with van der Waals surface area (Å²) in [5.74, 6) is 0. The van der Waals surface area contributed by atoms with Gasteiger partial charge in [0.1, 0.15) is 4.99 Å².